The molecule has 0 bridgehead atoms. The molecule has 12 heavy (non-hydrogen) atoms. The van der Waals surface area contributed by atoms with Gasteiger partial charge in [0.15, 0.2) is 0 Å². The van der Waals surface area contributed by atoms with Crippen molar-refractivity contribution < 1.29 is 19.1 Å². The molecule has 1 aliphatic carbocycles. The molecule has 0 N–H and O–H groups in total. The summed E-state index contributed by atoms with van der Waals surface area (Å²) in [4.78, 5) is 21.4. The van der Waals surface area contributed by atoms with Crippen molar-refractivity contribution in [2.75, 3.05) is 6.61 Å². The smallest absolute Gasteiger partial charge is 0.312 e. The molecular weight excluding hydrogens is 160 g/mol. The first-order valence-corrected chi connectivity index (χ1v) is 3.99. The van der Waals surface area contributed by atoms with E-state index in [-0.39, 0.29) is 24.0 Å². The number of rotatable bonds is 3. The molecule has 0 aromatic carbocycles. The second-order valence-corrected chi connectivity index (χ2v) is 2.74. The van der Waals surface area contributed by atoms with Crippen LogP contribution in [0.25, 0.3) is 0 Å². The van der Waals surface area contributed by atoms with Gasteiger partial charge in [0.25, 0.3) is 0 Å². The molecule has 4 heteroatoms. The van der Waals surface area contributed by atoms with E-state index in [2.05, 4.69) is 0 Å². The van der Waals surface area contributed by atoms with E-state index in [0.717, 1.165) is 0 Å². The van der Waals surface area contributed by atoms with Gasteiger partial charge in [-0.05, 0) is 6.92 Å². The monoisotopic (exact) mass is 172 g/mol. The standard InChI is InChI=1S/C8H12O4/c1-3-11-8(10)6-4-7(6)12-5(2)9/h6-7H,3-4H2,1-2H3. The second kappa shape index (κ2) is 3.56. The Hall–Kier alpha value is -1.06. The van der Waals surface area contributed by atoms with Gasteiger partial charge in [0.05, 0.1) is 12.5 Å². The highest BCUT2D eigenvalue weighted by atomic mass is 16.6. The van der Waals surface area contributed by atoms with Gasteiger partial charge in [-0.2, -0.15) is 0 Å². The van der Waals surface area contributed by atoms with Gasteiger partial charge in [-0.1, -0.05) is 0 Å². The molecule has 4 nitrogen and oxygen atoms in total. The number of hydrogen-bond donors (Lipinski definition) is 0. The van der Waals surface area contributed by atoms with Crippen LogP contribution in [0.5, 0.6) is 0 Å². The summed E-state index contributed by atoms with van der Waals surface area (Å²) < 4.78 is 9.55. The van der Waals surface area contributed by atoms with E-state index in [0.29, 0.717) is 13.0 Å². The fourth-order valence-corrected chi connectivity index (χ4v) is 1.01. The van der Waals surface area contributed by atoms with Gasteiger partial charge >= 0.3 is 11.9 Å². The van der Waals surface area contributed by atoms with Crippen molar-refractivity contribution in [1.29, 1.82) is 0 Å². The lowest BCUT2D eigenvalue weighted by atomic mass is 10.4. The predicted octanol–water partition coefficient (Wildman–Crippen LogP) is 0.501. The summed E-state index contributed by atoms with van der Waals surface area (Å²) >= 11 is 0. The van der Waals surface area contributed by atoms with Gasteiger partial charge in [-0.25, -0.2) is 0 Å². The highest BCUT2D eigenvalue weighted by Crippen LogP contribution is 2.34. The van der Waals surface area contributed by atoms with Crippen LogP contribution in [0.3, 0.4) is 0 Å². The Labute approximate surface area is 70.8 Å². The Morgan fingerprint density at radius 1 is 1.50 bits per heavy atom. The van der Waals surface area contributed by atoms with Crippen molar-refractivity contribution in [3.63, 3.8) is 0 Å². The van der Waals surface area contributed by atoms with E-state index in [9.17, 15) is 9.59 Å². The van der Waals surface area contributed by atoms with Crippen LogP contribution >= 0.6 is 0 Å². The van der Waals surface area contributed by atoms with Gasteiger partial charge < -0.3 is 9.47 Å². The van der Waals surface area contributed by atoms with Crippen LogP contribution in [-0.2, 0) is 19.1 Å². The molecular formula is C8H12O4. The van der Waals surface area contributed by atoms with Gasteiger partial charge in [0.2, 0.25) is 0 Å². The van der Waals surface area contributed by atoms with Gasteiger partial charge in [0, 0.05) is 13.3 Å². The van der Waals surface area contributed by atoms with Crippen LogP contribution in [0.1, 0.15) is 20.3 Å². The summed E-state index contributed by atoms with van der Waals surface area (Å²) in [6.45, 7) is 3.46. The molecule has 1 fully saturated rings. The maximum Gasteiger partial charge on any atom is 0.312 e. The zero-order valence-electron chi connectivity index (χ0n) is 7.20. The van der Waals surface area contributed by atoms with E-state index in [4.69, 9.17) is 9.47 Å². The molecule has 0 radical (unpaired) electrons. The third-order valence-electron chi connectivity index (χ3n) is 1.64. The van der Waals surface area contributed by atoms with Gasteiger partial charge in [0.1, 0.15) is 6.10 Å². The van der Waals surface area contributed by atoms with Crippen molar-refractivity contribution >= 4 is 11.9 Å². The van der Waals surface area contributed by atoms with E-state index >= 15 is 0 Å². The fourth-order valence-electron chi connectivity index (χ4n) is 1.01. The molecule has 0 aromatic rings. The average molecular weight is 172 g/mol. The van der Waals surface area contributed by atoms with E-state index in [1.807, 2.05) is 0 Å². The minimum Gasteiger partial charge on any atom is -0.466 e. The van der Waals surface area contributed by atoms with Crippen molar-refractivity contribution in [2.24, 2.45) is 5.92 Å². The SMILES string of the molecule is CCOC(=O)C1CC1OC(C)=O. The topological polar surface area (TPSA) is 52.6 Å². The number of hydrogen-bond acceptors (Lipinski definition) is 4. The molecule has 1 aliphatic rings. The Kier molecular flexibility index (Phi) is 2.68. The summed E-state index contributed by atoms with van der Waals surface area (Å²) in [5.41, 5.74) is 0. The lowest BCUT2D eigenvalue weighted by molar-refractivity contribution is -0.148. The maximum atomic E-state index is 11.0. The minimum absolute atomic E-state index is 0.214. The quantitative estimate of drug-likeness (QED) is 0.582. The normalized spacial score (nSPS) is 26.2. The highest BCUT2D eigenvalue weighted by molar-refractivity contribution is 5.77. The summed E-state index contributed by atoms with van der Waals surface area (Å²) in [5, 5.41) is 0. The third-order valence-corrected chi connectivity index (χ3v) is 1.64. The molecule has 0 saturated heterocycles. The maximum absolute atomic E-state index is 11.0. The average Bonchev–Trinajstić information content (AvgIpc) is 2.67. The first-order valence-electron chi connectivity index (χ1n) is 3.99. The Balaban J connectivity index is 2.23. The molecule has 2 atom stereocenters. The molecule has 0 aromatic heterocycles. The van der Waals surface area contributed by atoms with Crippen molar-refractivity contribution in [3.8, 4) is 0 Å². The number of ether oxygens (including phenoxy) is 2. The fraction of sp³-hybridized carbons (Fsp3) is 0.750. The van der Waals surface area contributed by atoms with E-state index < -0.39 is 0 Å². The summed E-state index contributed by atoms with van der Waals surface area (Å²) in [6, 6.07) is 0. The van der Waals surface area contributed by atoms with Crippen LogP contribution in [-0.4, -0.2) is 24.6 Å². The third kappa shape index (κ3) is 2.22. The second-order valence-electron chi connectivity index (χ2n) is 2.74. The van der Waals surface area contributed by atoms with Crippen LogP contribution in [0.2, 0.25) is 0 Å². The first kappa shape index (κ1) is 9.03. The lowest BCUT2D eigenvalue weighted by Gasteiger charge is -2.00. The van der Waals surface area contributed by atoms with Gasteiger partial charge in [-0.15, -0.1) is 0 Å². The number of esters is 2. The van der Waals surface area contributed by atoms with E-state index in [1.165, 1.54) is 6.92 Å². The Bertz CT molecular complexity index is 199. The van der Waals surface area contributed by atoms with Crippen LogP contribution in [0.15, 0.2) is 0 Å². The molecule has 1 rings (SSSR count). The predicted molar refractivity (Wildman–Crippen MR) is 40.3 cm³/mol. The van der Waals surface area contributed by atoms with Crippen LogP contribution in [0.4, 0.5) is 0 Å². The number of carbonyl (C=O) groups excluding carboxylic acids is 2. The zero-order chi connectivity index (χ0) is 9.14. The molecule has 2 unspecified atom stereocenters. The summed E-state index contributed by atoms with van der Waals surface area (Å²) in [7, 11) is 0. The molecule has 0 spiro atoms. The van der Waals surface area contributed by atoms with Crippen molar-refractivity contribution in [2.45, 2.75) is 26.4 Å². The van der Waals surface area contributed by atoms with E-state index in [1.54, 1.807) is 6.92 Å². The Morgan fingerprint density at radius 2 is 2.17 bits per heavy atom. The van der Waals surface area contributed by atoms with Crippen LogP contribution in [0, 0.1) is 5.92 Å². The Morgan fingerprint density at radius 3 is 2.67 bits per heavy atom. The molecule has 1 saturated carbocycles. The van der Waals surface area contributed by atoms with Gasteiger partial charge in [-0.3, -0.25) is 9.59 Å². The van der Waals surface area contributed by atoms with Crippen molar-refractivity contribution in [3.05, 3.63) is 0 Å². The minimum atomic E-state index is -0.341. The summed E-state index contributed by atoms with van der Waals surface area (Å²) in [6.07, 6.45) is 0.375. The number of carbonyl (C=O) groups is 2. The molecule has 0 amide bonds. The lowest BCUT2D eigenvalue weighted by Crippen LogP contribution is -2.12. The van der Waals surface area contributed by atoms with Crippen molar-refractivity contribution in [1.82, 2.24) is 0 Å². The highest BCUT2D eigenvalue weighted by Gasteiger charge is 2.47. The zero-order valence-corrected chi connectivity index (χ0v) is 7.20. The largest absolute Gasteiger partial charge is 0.466 e. The molecule has 0 heterocycles. The first-order chi connectivity index (χ1) is 5.65. The molecule has 68 valence electrons. The molecule has 0 aliphatic heterocycles. The summed E-state index contributed by atoms with van der Waals surface area (Å²) in [5.74, 6) is -0.815. The van der Waals surface area contributed by atoms with Crippen LogP contribution < -0.4 is 0 Å².